The number of amides is 2. The van der Waals surface area contributed by atoms with Crippen molar-refractivity contribution in [3.8, 4) is 0 Å². The van der Waals surface area contributed by atoms with E-state index in [4.69, 9.17) is 0 Å². The summed E-state index contributed by atoms with van der Waals surface area (Å²) in [5.74, 6) is -0.0470. The Bertz CT molecular complexity index is 576. The van der Waals surface area contributed by atoms with E-state index in [9.17, 15) is 9.59 Å². The summed E-state index contributed by atoms with van der Waals surface area (Å²) in [7, 11) is 0. The van der Waals surface area contributed by atoms with Crippen molar-refractivity contribution in [3.05, 3.63) is 21.4 Å². The van der Waals surface area contributed by atoms with Crippen LogP contribution < -0.4 is 10.6 Å². The summed E-state index contributed by atoms with van der Waals surface area (Å²) in [5, 5.41) is 5.89. The average Bonchev–Trinajstić information content (AvgIpc) is 3.00. The first-order chi connectivity index (χ1) is 10.9. The van der Waals surface area contributed by atoms with E-state index in [-0.39, 0.29) is 23.3 Å². The fourth-order valence-electron chi connectivity index (χ4n) is 3.48. The second kappa shape index (κ2) is 7.47. The predicted molar refractivity (Wildman–Crippen MR) is 94.7 cm³/mol. The largest absolute Gasteiger partial charge is 0.354 e. The van der Waals surface area contributed by atoms with Crippen LogP contribution in [0.25, 0.3) is 0 Å². The summed E-state index contributed by atoms with van der Waals surface area (Å²) in [6.45, 7) is 9.08. The van der Waals surface area contributed by atoms with Crippen molar-refractivity contribution in [2.24, 2.45) is 5.41 Å². The Labute approximate surface area is 143 Å². The van der Waals surface area contributed by atoms with E-state index in [1.54, 1.807) is 11.3 Å². The number of aryl methyl sites for hydroxylation is 3. The normalized spacial score (nSPS) is 19.7. The highest BCUT2D eigenvalue weighted by Gasteiger charge is 2.46. The van der Waals surface area contributed by atoms with Crippen LogP contribution in [0.15, 0.2) is 6.07 Å². The zero-order valence-electron chi connectivity index (χ0n) is 14.6. The number of nitrogens with one attached hydrogen (secondary N) is 2. The minimum atomic E-state index is -0.380. The second-order valence-electron chi connectivity index (χ2n) is 6.58. The van der Waals surface area contributed by atoms with Crippen molar-refractivity contribution in [3.63, 3.8) is 0 Å². The molecule has 1 unspecified atom stereocenters. The highest BCUT2D eigenvalue weighted by molar-refractivity contribution is 7.12. The van der Waals surface area contributed by atoms with Crippen molar-refractivity contribution < 1.29 is 9.59 Å². The van der Waals surface area contributed by atoms with Gasteiger partial charge >= 0.3 is 0 Å². The molecule has 2 N–H and O–H groups in total. The van der Waals surface area contributed by atoms with E-state index in [1.807, 2.05) is 0 Å². The maximum absolute atomic E-state index is 12.3. The van der Waals surface area contributed by atoms with Gasteiger partial charge in [0.05, 0.1) is 0 Å². The number of thiophene rings is 1. The van der Waals surface area contributed by atoms with Gasteiger partial charge in [0, 0.05) is 28.1 Å². The van der Waals surface area contributed by atoms with E-state index in [0.29, 0.717) is 13.0 Å². The van der Waals surface area contributed by atoms with Crippen molar-refractivity contribution in [2.45, 2.75) is 65.8 Å². The summed E-state index contributed by atoms with van der Waals surface area (Å²) in [6.07, 6.45) is 4.00. The maximum atomic E-state index is 12.3. The molecule has 2 rings (SSSR count). The third kappa shape index (κ3) is 3.94. The van der Waals surface area contributed by atoms with Crippen molar-refractivity contribution >= 4 is 23.2 Å². The van der Waals surface area contributed by atoms with Crippen LogP contribution in [-0.2, 0) is 16.0 Å². The Morgan fingerprint density at radius 1 is 1.39 bits per heavy atom. The molecule has 0 aromatic carbocycles. The number of rotatable bonds is 7. The Hall–Kier alpha value is -1.36. The molecule has 1 fully saturated rings. The number of carbonyl (C=O) groups is 2. The molecule has 5 heteroatoms. The lowest BCUT2D eigenvalue weighted by Crippen LogP contribution is -2.48. The third-order valence-electron chi connectivity index (χ3n) is 5.20. The third-order valence-corrected chi connectivity index (χ3v) is 6.20. The van der Waals surface area contributed by atoms with Gasteiger partial charge in [0.2, 0.25) is 11.8 Å². The van der Waals surface area contributed by atoms with Crippen LogP contribution >= 0.6 is 11.3 Å². The fraction of sp³-hybridized carbons (Fsp3) is 0.667. The lowest BCUT2D eigenvalue weighted by Gasteiger charge is -2.31. The average molecular weight is 337 g/mol. The fourth-order valence-corrected chi connectivity index (χ4v) is 4.45. The Morgan fingerprint density at radius 2 is 2.09 bits per heavy atom. The first-order valence-electron chi connectivity index (χ1n) is 8.55. The van der Waals surface area contributed by atoms with Gasteiger partial charge in [0.1, 0.15) is 6.04 Å². The lowest BCUT2D eigenvalue weighted by molar-refractivity contribution is -0.129. The van der Waals surface area contributed by atoms with Crippen LogP contribution in [0.3, 0.4) is 0 Å². The molecule has 1 atom stereocenters. The first-order valence-corrected chi connectivity index (χ1v) is 9.36. The molecular weight excluding hydrogens is 308 g/mol. The molecule has 0 spiro atoms. The summed E-state index contributed by atoms with van der Waals surface area (Å²) in [4.78, 5) is 27.0. The first kappa shape index (κ1) is 18.0. The summed E-state index contributed by atoms with van der Waals surface area (Å²) in [6, 6.07) is 1.83. The molecule has 1 aromatic rings. The highest BCUT2D eigenvalue weighted by Crippen LogP contribution is 2.34. The van der Waals surface area contributed by atoms with Crippen LogP contribution in [0.5, 0.6) is 0 Å². The van der Waals surface area contributed by atoms with Crippen LogP contribution in [0.2, 0.25) is 0 Å². The maximum Gasteiger partial charge on any atom is 0.243 e. The molecule has 1 aliphatic rings. The number of hydrogen-bond donors (Lipinski definition) is 2. The smallest absolute Gasteiger partial charge is 0.243 e. The SMILES string of the molecule is CCC1(CC)CNC(=O)C1NC(=O)CCCc1cc(C)sc1C. The van der Waals surface area contributed by atoms with E-state index in [2.05, 4.69) is 44.4 Å². The molecule has 0 bridgehead atoms. The summed E-state index contributed by atoms with van der Waals surface area (Å²) < 4.78 is 0. The zero-order chi connectivity index (χ0) is 17.0. The van der Waals surface area contributed by atoms with Gasteiger partial charge in [-0.1, -0.05) is 13.8 Å². The standard InChI is InChI=1S/C18H28N2O2S/c1-5-18(6-2)11-19-17(22)16(18)20-15(21)9-7-8-14-10-12(3)23-13(14)4/h10,16H,5-9,11H2,1-4H3,(H,19,22)(H,20,21). The van der Waals surface area contributed by atoms with E-state index < -0.39 is 0 Å². The molecule has 1 aliphatic heterocycles. The van der Waals surface area contributed by atoms with Crippen LogP contribution in [-0.4, -0.2) is 24.4 Å². The van der Waals surface area contributed by atoms with Gasteiger partial charge in [0.25, 0.3) is 0 Å². The number of hydrogen-bond acceptors (Lipinski definition) is 3. The minimum Gasteiger partial charge on any atom is -0.354 e. The zero-order valence-corrected chi connectivity index (χ0v) is 15.4. The second-order valence-corrected chi connectivity index (χ2v) is 8.04. The number of carbonyl (C=O) groups excluding carboxylic acids is 2. The molecule has 1 saturated heterocycles. The van der Waals surface area contributed by atoms with E-state index in [0.717, 1.165) is 25.7 Å². The highest BCUT2D eigenvalue weighted by atomic mass is 32.1. The van der Waals surface area contributed by atoms with Crippen molar-refractivity contribution in [2.75, 3.05) is 6.54 Å². The van der Waals surface area contributed by atoms with Gasteiger partial charge in [-0.05, 0) is 51.2 Å². The molecule has 2 heterocycles. The topological polar surface area (TPSA) is 58.2 Å². The van der Waals surface area contributed by atoms with Crippen LogP contribution in [0.1, 0.15) is 54.8 Å². The lowest BCUT2D eigenvalue weighted by atomic mass is 9.77. The molecule has 2 amide bonds. The molecule has 0 saturated carbocycles. The van der Waals surface area contributed by atoms with Gasteiger partial charge in [-0.25, -0.2) is 0 Å². The molecule has 1 aromatic heterocycles. The Kier molecular flexibility index (Phi) is 5.84. The Morgan fingerprint density at radius 3 is 2.65 bits per heavy atom. The minimum absolute atomic E-state index is 0.0112. The molecular formula is C18H28N2O2S. The molecule has 23 heavy (non-hydrogen) atoms. The van der Waals surface area contributed by atoms with Crippen LogP contribution in [0.4, 0.5) is 0 Å². The molecule has 0 radical (unpaired) electrons. The summed E-state index contributed by atoms with van der Waals surface area (Å²) >= 11 is 1.81. The molecule has 4 nitrogen and oxygen atoms in total. The summed E-state index contributed by atoms with van der Waals surface area (Å²) in [5.41, 5.74) is 1.21. The predicted octanol–water partition coefficient (Wildman–Crippen LogP) is 3.11. The van der Waals surface area contributed by atoms with Gasteiger partial charge < -0.3 is 10.6 Å². The Balaban J connectivity index is 1.86. The monoisotopic (exact) mass is 336 g/mol. The molecule has 0 aliphatic carbocycles. The van der Waals surface area contributed by atoms with Crippen LogP contribution in [0, 0.1) is 19.3 Å². The van der Waals surface area contributed by atoms with Gasteiger partial charge in [-0.3, -0.25) is 9.59 Å². The van der Waals surface area contributed by atoms with Gasteiger partial charge in [0.15, 0.2) is 0 Å². The van der Waals surface area contributed by atoms with Crippen molar-refractivity contribution in [1.82, 2.24) is 10.6 Å². The van der Waals surface area contributed by atoms with Crippen molar-refractivity contribution in [1.29, 1.82) is 0 Å². The van der Waals surface area contributed by atoms with E-state index in [1.165, 1.54) is 15.3 Å². The molecule has 128 valence electrons. The quantitative estimate of drug-likeness (QED) is 0.804. The van der Waals surface area contributed by atoms with Gasteiger partial charge in [-0.15, -0.1) is 11.3 Å². The van der Waals surface area contributed by atoms with E-state index >= 15 is 0 Å². The van der Waals surface area contributed by atoms with Gasteiger partial charge in [-0.2, -0.15) is 0 Å².